The highest BCUT2D eigenvalue weighted by Crippen LogP contribution is 2.30. The number of anilines is 4. The van der Waals surface area contributed by atoms with Gasteiger partial charge in [0.1, 0.15) is 28.8 Å². The van der Waals surface area contributed by atoms with Crippen molar-refractivity contribution < 1.29 is 4.74 Å². The van der Waals surface area contributed by atoms with E-state index in [2.05, 4.69) is 10.2 Å². The Morgan fingerprint density at radius 3 is 1.74 bits per heavy atom. The van der Waals surface area contributed by atoms with Gasteiger partial charge in [-0.3, -0.25) is 0 Å². The second-order valence-electron chi connectivity index (χ2n) is 5.89. The zero-order chi connectivity index (χ0) is 20.1. The van der Waals surface area contributed by atoms with Gasteiger partial charge in [-0.1, -0.05) is 0 Å². The Morgan fingerprint density at radius 2 is 1.37 bits per heavy atom. The maximum atomic E-state index is 5.94. The molecule has 0 radical (unpaired) electrons. The van der Waals surface area contributed by atoms with Gasteiger partial charge >= 0.3 is 0 Å². The fraction of sp³-hybridized carbons (Fsp3) is 0.333. The summed E-state index contributed by atoms with van der Waals surface area (Å²) in [4.78, 5) is 0. The van der Waals surface area contributed by atoms with E-state index in [1.807, 2.05) is 45.0 Å². The molecule has 0 spiro atoms. The SMILES string of the molecule is CCn1nc(-c2ccc(OC)cc2)c(N)c1N.CCn1nc(C)c(N)c1N. The molecule has 0 aliphatic carbocycles. The summed E-state index contributed by atoms with van der Waals surface area (Å²) >= 11 is 0. The Balaban J connectivity index is 0.000000223. The van der Waals surface area contributed by atoms with Crippen LogP contribution < -0.4 is 27.7 Å². The molecular formula is C18H28N8O. The quantitative estimate of drug-likeness (QED) is 0.548. The second-order valence-corrected chi connectivity index (χ2v) is 5.89. The monoisotopic (exact) mass is 372 g/mol. The van der Waals surface area contributed by atoms with Gasteiger partial charge in [0.05, 0.1) is 18.5 Å². The second kappa shape index (κ2) is 8.35. The molecule has 8 N–H and O–H groups in total. The number of rotatable bonds is 4. The lowest BCUT2D eigenvalue weighted by Crippen LogP contribution is -2.02. The zero-order valence-corrected chi connectivity index (χ0v) is 16.2. The topological polar surface area (TPSA) is 149 Å². The minimum absolute atomic E-state index is 0.512. The molecule has 0 fully saturated rings. The van der Waals surface area contributed by atoms with Crippen molar-refractivity contribution >= 4 is 23.0 Å². The minimum atomic E-state index is 0.512. The van der Waals surface area contributed by atoms with E-state index in [1.165, 1.54) is 0 Å². The third kappa shape index (κ3) is 4.08. The lowest BCUT2D eigenvalue weighted by molar-refractivity contribution is 0.415. The van der Waals surface area contributed by atoms with Crippen LogP contribution in [-0.2, 0) is 13.1 Å². The van der Waals surface area contributed by atoms with Gasteiger partial charge in [0.15, 0.2) is 0 Å². The molecule has 0 bridgehead atoms. The van der Waals surface area contributed by atoms with Crippen LogP contribution in [-0.4, -0.2) is 26.7 Å². The molecule has 3 rings (SSSR count). The maximum absolute atomic E-state index is 5.94. The molecule has 0 saturated heterocycles. The Labute approximate surface area is 158 Å². The summed E-state index contributed by atoms with van der Waals surface area (Å²) in [6.45, 7) is 7.26. The van der Waals surface area contributed by atoms with Gasteiger partial charge in [0.25, 0.3) is 0 Å². The van der Waals surface area contributed by atoms with Crippen LogP contribution >= 0.6 is 0 Å². The zero-order valence-electron chi connectivity index (χ0n) is 16.2. The van der Waals surface area contributed by atoms with E-state index in [0.717, 1.165) is 23.6 Å². The van der Waals surface area contributed by atoms with E-state index < -0.39 is 0 Å². The van der Waals surface area contributed by atoms with Gasteiger partial charge < -0.3 is 27.7 Å². The highest BCUT2D eigenvalue weighted by atomic mass is 16.5. The van der Waals surface area contributed by atoms with Gasteiger partial charge in [0, 0.05) is 18.7 Å². The summed E-state index contributed by atoms with van der Waals surface area (Å²) in [6.07, 6.45) is 0. The van der Waals surface area contributed by atoms with Crippen molar-refractivity contribution in [3.63, 3.8) is 0 Å². The van der Waals surface area contributed by atoms with Gasteiger partial charge in [0.2, 0.25) is 0 Å². The Bertz CT molecular complexity index is 895. The molecule has 146 valence electrons. The Kier molecular flexibility index (Phi) is 6.17. The molecule has 9 nitrogen and oxygen atoms in total. The molecule has 2 heterocycles. The average molecular weight is 372 g/mol. The molecule has 0 saturated carbocycles. The molecule has 9 heteroatoms. The molecule has 0 unspecified atom stereocenters. The molecule has 0 aliphatic rings. The van der Waals surface area contributed by atoms with Crippen molar-refractivity contribution in [3.8, 4) is 17.0 Å². The number of aryl methyl sites for hydroxylation is 3. The lowest BCUT2D eigenvalue weighted by Gasteiger charge is -2.01. The van der Waals surface area contributed by atoms with Crippen LogP contribution in [0, 0.1) is 6.92 Å². The minimum Gasteiger partial charge on any atom is -0.497 e. The first-order valence-electron chi connectivity index (χ1n) is 8.68. The van der Waals surface area contributed by atoms with Crippen molar-refractivity contribution in [2.75, 3.05) is 30.0 Å². The standard InChI is InChI=1S/C12H16N4O.C6H12N4/c1-3-16-12(14)10(13)11(15-16)8-4-6-9(17-2)7-5-8;1-3-10-6(8)5(7)4(2)9-10/h4-7H,3,13-14H2,1-2H3;3,7-8H2,1-2H3. The number of nitrogens with zero attached hydrogens (tertiary/aromatic N) is 4. The van der Waals surface area contributed by atoms with Crippen LogP contribution in [0.1, 0.15) is 19.5 Å². The first kappa shape index (κ1) is 20.0. The highest BCUT2D eigenvalue weighted by Gasteiger charge is 2.13. The summed E-state index contributed by atoms with van der Waals surface area (Å²) in [6, 6.07) is 7.57. The number of methoxy groups -OCH3 is 1. The number of aromatic nitrogens is 4. The van der Waals surface area contributed by atoms with E-state index >= 15 is 0 Å². The Morgan fingerprint density at radius 1 is 0.852 bits per heavy atom. The van der Waals surface area contributed by atoms with Crippen molar-refractivity contribution in [1.29, 1.82) is 0 Å². The molecular weight excluding hydrogens is 344 g/mol. The van der Waals surface area contributed by atoms with Gasteiger partial charge in [-0.15, -0.1) is 0 Å². The summed E-state index contributed by atoms with van der Waals surface area (Å²) < 4.78 is 8.48. The molecule has 1 aromatic carbocycles. The number of nitrogen functional groups attached to an aromatic ring is 4. The summed E-state index contributed by atoms with van der Waals surface area (Å²) in [7, 11) is 1.63. The van der Waals surface area contributed by atoms with E-state index in [0.29, 0.717) is 35.2 Å². The van der Waals surface area contributed by atoms with Gasteiger partial charge in [-0.2, -0.15) is 10.2 Å². The largest absolute Gasteiger partial charge is 0.497 e. The fourth-order valence-corrected chi connectivity index (χ4v) is 2.55. The number of benzene rings is 1. The summed E-state index contributed by atoms with van der Waals surface area (Å²) in [5.41, 5.74) is 26.5. The molecule has 0 amide bonds. The van der Waals surface area contributed by atoms with Crippen LogP contribution in [0.15, 0.2) is 24.3 Å². The number of nitrogens with two attached hydrogens (primary N) is 4. The van der Waals surface area contributed by atoms with Crippen LogP contribution in [0.3, 0.4) is 0 Å². The number of ether oxygens (including phenoxy) is 1. The van der Waals surface area contributed by atoms with Crippen LogP contribution in [0.4, 0.5) is 23.0 Å². The first-order valence-corrected chi connectivity index (χ1v) is 8.68. The summed E-state index contributed by atoms with van der Waals surface area (Å²) in [5, 5.41) is 8.47. The van der Waals surface area contributed by atoms with E-state index in [9.17, 15) is 0 Å². The Hall–Kier alpha value is -3.36. The third-order valence-electron chi connectivity index (χ3n) is 4.21. The van der Waals surface area contributed by atoms with Crippen LogP contribution in [0.2, 0.25) is 0 Å². The van der Waals surface area contributed by atoms with Crippen molar-refractivity contribution in [2.45, 2.75) is 33.9 Å². The molecule has 0 aliphatic heterocycles. The number of hydrogen-bond donors (Lipinski definition) is 4. The van der Waals surface area contributed by atoms with Crippen LogP contribution in [0.25, 0.3) is 11.3 Å². The normalized spacial score (nSPS) is 10.4. The molecule has 2 aromatic heterocycles. The van der Waals surface area contributed by atoms with Crippen LogP contribution in [0.5, 0.6) is 5.75 Å². The summed E-state index contributed by atoms with van der Waals surface area (Å²) in [5.74, 6) is 1.88. The smallest absolute Gasteiger partial charge is 0.145 e. The molecule has 3 aromatic rings. The predicted octanol–water partition coefficient (Wildman–Crippen LogP) is 2.12. The maximum Gasteiger partial charge on any atom is 0.145 e. The highest BCUT2D eigenvalue weighted by molar-refractivity contribution is 5.80. The molecule has 27 heavy (non-hydrogen) atoms. The first-order chi connectivity index (χ1) is 12.8. The van der Waals surface area contributed by atoms with Crippen molar-refractivity contribution in [3.05, 3.63) is 30.0 Å². The van der Waals surface area contributed by atoms with Gasteiger partial charge in [-0.25, -0.2) is 9.36 Å². The van der Waals surface area contributed by atoms with E-state index in [4.69, 9.17) is 27.7 Å². The van der Waals surface area contributed by atoms with E-state index in [-0.39, 0.29) is 0 Å². The predicted molar refractivity (Wildman–Crippen MR) is 110 cm³/mol. The lowest BCUT2D eigenvalue weighted by atomic mass is 10.1. The third-order valence-corrected chi connectivity index (χ3v) is 4.21. The van der Waals surface area contributed by atoms with Crippen molar-refractivity contribution in [1.82, 2.24) is 19.6 Å². The number of hydrogen-bond acceptors (Lipinski definition) is 7. The molecule has 0 atom stereocenters. The van der Waals surface area contributed by atoms with E-state index in [1.54, 1.807) is 16.5 Å². The fourth-order valence-electron chi connectivity index (χ4n) is 2.55. The average Bonchev–Trinajstić information content (AvgIpc) is 3.12. The van der Waals surface area contributed by atoms with Crippen molar-refractivity contribution in [2.24, 2.45) is 0 Å². The van der Waals surface area contributed by atoms with Gasteiger partial charge in [-0.05, 0) is 45.0 Å².